The van der Waals surface area contributed by atoms with Gasteiger partial charge in [-0.15, -0.1) is 0 Å². The molecule has 26 heavy (non-hydrogen) atoms. The van der Waals surface area contributed by atoms with E-state index < -0.39 is 5.97 Å². The van der Waals surface area contributed by atoms with Crippen LogP contribution in [0.15, 0.2) is 42.7 Å². The Kier molecular flexibility index (Phi) is 4.83. The molecule has 2 aromatic heterocycles. The van der Waals surface area contributed by atoms with Crippen LogP contribution >= 0.6 is 0 Å². The van der Waals surface area contributed by atoms with Gasteiger partial charge in [-0.05, 0) is 25.0 Å². The second-order valence-electron chi connectivity index (χ2n) is 6.04. The topological polar surface area (TPSA) is 102 Å². The number of aromatic carboxylic acids is 1. The van der Waals surface area contributed by atoms with Crippen molar-refractivity contribution in [3.8, 4) is 0 Å². The molecule has 1 amide bonds. The summed E-state index contributed by atoms with van der Waals surface area (Å²) in [4.78, 5) is 23.0. The number of nitrogens with one attached hydrogen (secondary N) is 1. The molecule has 0 fully saturated rings. The van der Waals surface area contributed by atoms with Gasteiger partial charge in [0.25, 0.3) is 0 Å². The van der Waals surface area contributed by atoms with E-state index >= 15 is 0 Å². The number of amides is 1. The number of benzene rings is 1. The first-order valence-corrected chi connectivity index (χ1v) is 8.07. The molecule has 0 aliphatic carbocycles. The minimum absolute atomic E-state index is 0.0381. The second kappa shape index (κ2) is 7.22. The number of carboxylic acids is 1. The fraction of sp³-hybridized carbons (Fsp3) is 0.222. The van der Waals surface area contributed by atoms with E-state index in [4.69, 9.17) is 5.11 Å². The summed E-state index contributed by atoms with van der Waals surface area (Å²) >= 11 is 0. The zero-order valence-electron chi connectivity index (χ0n) is 14.5. The molecule has 2 N–H and O–H groups in total. The summed E-state index contributed by atoms with van der Waals surface area (Å²) in [7, 11) is 0. The molecule has 8 heteroatoms. The average Bonchev–Trinajstić information content (AvgIpc) is 3.17. The lowest BCUT2D eigenvalue weighted by atomic mass is 10.1. The number of aryl methyl sites for hydroxylation is 2. The van der Waals surface area contributed by atoms with E-state index in [1.807, 2.05) is 42.8 Å². The van der Waals surface area contributed by atoms with Crippen LogP contribution in [-0.4, -0.2) is 36.5 Å². The Hall–Kier alpha value is -3.42. The Labute approximate surface area is 150 Å². The van der Waals surface area contributed by atoms with Crippen LogP contribution in [0.25, 0.3) is 0 Å². The van der Waals surface area contributed by atoms with E-state index in [0.29, 0.717) is 12.4 Å². The number of carbonyl (C=O) groups is 2. The highest BCUT2D eigenvalue weighted by molar-refractivity contribution is 5.90. The van der Waals surface area contributed by atoms with Crippen molar-refractivity contribution in [3.63, 3.8) is 0 Å². The van der Waals surface area contributed by atoms with Crippen molar-refractivity contribution < 1.29 is 14.7 Å². The molecule has 0 spiro atoms. The zero-order chi connectivity index (χ0) is 18.7. The number of hydrogen-bond acceptors (Lipinski definition) is 4. The second-order valence-corrected chi connectivity index (χ2v) is 6.04. The largest absolute Gasteiger partial charge is 0.478 e. The van der Waals surface area contributed by atoms with Gasteiger partial charge in [0, 0.05) is 18.0 Å². The smallest absolute Gasteiger partial charge is 0.338 e. The number of carbonyl (C=O) groups excluding carboxylic acids is 1. The Bertz CT molecular complexity index is 957. The molecule has 0 saturated heterocycles. The average molecular weight is 353 g/mol. The Morgan fingerprint density at radius 2 is 2.00 bits per heavy atom. The lowest BCUT2D eigenvalue weighted by molar-refractivity contribution is -0.116. The Morgan fingerprint density at radius 3 is 2.69 bits per heavy atom. The number of carboxylic acid groups (broad SMARTS) is 1. The van der Waals surface area contributed by atoms with Crippen molar-refractivity contribution in [2.24, 2.45) is 0 Å². The molecular weight excluding hydrogens is 334 g/mol. The third-order valence-electron chi connectivity index (χ3n) is 4.02. The van der Waals surface area contributed by atoms with Crippen molar-refractivity contribution in [2.45, 2.75) is 26.9 Å². The molecule has 0 aliphatic heterocycles. The Morgan fingerprint density at radius 1 is 1.23 bits per heavy atom. The van der Waals surface area contributed by atoms with Gasteiger partial charge in [0.05, 0.1) is 18.3 Å². The van der Waals surface area contributed by atoms with Gasteiger partial charge in [0.2, 0.25) is 5.91 Å². The highest BCUT2D eigenvalue weighted by Crippen LogP contribution is 2.14. The molecule has 1 aromatic carbocycles. The van der Waals surface area contributed by atoms with E-state index in [-0.39, 0.29) is 18.0 Å². The van der Waals surface area contributed by atoms with Gasteiger partial charge in [-0.25, -0.2) is 4.79 Å². The summed E-state index contributed by atoms with van der Waals surface area (Å²) in [5, 5.41) is 19.9. The van der Waals surface area contributed by atoms with Gasteiger partial charge in [-0.1, -0.05) is 24.3 Å². The van der Waals surface area contributed by atoms with E-state index in [1.54, 1.807) is 6.07 Å². The first kappa shape index (κ1) is 17.4. The van der Waals surface area contributed by atoms with Gasteiger partial charge < -0.3 is 10.4 Å². The standard InChI is InChI=1S/C18H19N5O3/c1-12-5-3-4-6-14(12)10-23-13(2)7-16(21-23)20-17(24)11-22-9-15(8-19-22)18(25)26/h3-9H,10-11H2,1-2H3,(H,25,26)(H,20,21,24). The minimum atomic E-state index is -1.08. The van der Waals surface area contributed by atoms with Crippen molar-refractivity contribution >= 4 is 17.7 Å². The summed E-state index contributed by atoms with van der Waals surface area (Å²) < 4.78 is 3.10. The van der Waals surface area contributed by atoms with Crippen LogP contribution in [0, 0.1) is 13.8 Å². The van der Waals surface area contributed by atoms with Crippen LogP contribution in [-0.2, 0) is 17.9 Å². The third kappa shape index (κ3) is 3.97. The Balaban J connectivity index is 1.65. The van der Waals surface area contributed by atoms with Crippen molar-refractivity contribution in [3.05, 3.63) is 65.1 Å². The van der Waals surface area contributed by atoms with Crippen LogP contribution in [0.2, 0.25) is 0 Å². The number of aromatic nitrogens is 4. The van der Waals surface area contributed by atoms with Crippen LogP contribution in [0.5, 0.6) is 0 Å². The molecule has 3 aromatic rings. The summed E-state index contributed by atoms with van der Waals surface area (Å²) in [6.45, 7) is 4.51. The molecule has 3 rings (SSSR count). The summed E-state index contributed by atoms with van der Waals surface area (Å²) in [5.41, 5.74) is 3.31. The maximum Gasteiger partial charge on any atom is 0.338 e. The normalized spacial score (nSPS) is 10.7. The van der Waals surface area contributed by atoms with Crippen LogP contribution in [0.1, 0.15) is 27.2 Å². The predicted octanol–water partition coefficient (Wildman–Crippen LogP) is 2.08. The van der Waals surface area contributed by atoms with E-state index in [2.05, 4.69) is 15.5 Å². The van der Waals surface area contributed by atoms with E-state index in [1.165, 1.54) is 22.6 Å². The quantitative estimate of drug-likeness (QED) is 0.706. The van der Waals surface area contributed by atoms with Gasteiger partial charge in [0.1, 0.15) is 6.54 Å². The molecule has 0 radical (unpaired) electrons. The predicted molar refractivity (Wildman–Crippen MR) is 95.1 cm³/mol. The molecule has 134 valence electrons. The summed E-state index contributed by atoms with van der Waals surface area (Å²) in [6.07, 6.45) is 2.51. The lowest BCUT2D eigenvalue weighted by Crippen LogP contribution is -2.19. The maximum absolute atomic E-state index is 12.1. The van der Waals surface area contributed by atoms with Gasteiger partial charge >= 0.3 is 5.97 Å². The van der Waals surface area contributed by atoms with Gasteiger partial charge in [-0.3, -0.25) is 14.2 Å². The van der Waals surface area contributed by atoms with Crippen LogP contribution < -0.4 is 5.32 Å². The molecule has 0 bridgehead atoms. The first-order chi connectivity index (χ1) is 12.4. The fourth-order valence-electron chi connectivity index (χ4n) is 2.57. The first-order valence-electron chi connectivity index (χ1n) is 8.07. The van der Waals surface area contributed by atoms with E-state index in [9.17, 15) is 9.59 Å². The maximum atomic E-state index is 12.1. The van der Waals surface area contributed by atoms with Crippen molar-refractivity contribution in [2.75, 3.05) is 5.32 Å². The molecule has 0 unspecified atom stereocenters. The zero-order valence-corrected chi connectivity index (χ0v) is 14.5. The fourth-order valence-corrected chi connectivity index (χ4v) is 2.57. The van der Waals surface area contributed by atoms with E-state index in [0.717, 1.165) is 11.3 Å². The molecule has 0 aliphatic rings. The number of hydrogen-bond donors (Lipinski definition) is 2. The minimum Gasteiger partial charge on any atom is -0.478 e. The molecule has 0 saturated carbocycles. The third-order valence-corrected chi connectivity index (χ3v) is 4.02. The summed E-state index contributed by atoms with van der Waals surface area (Å²) in [6, 6.07) is 9.87. The van der Waals surface area contributed by atoms with Gasteiger partial charge in [-0.2, -0.15) is 10.2 Å². The molecule has 0 atom stereocenters. The molecular formula is C18H19N5O3. The number of nitrogens with zero attached hydrogens (tertiary/aromatic N) is 4. The van der Waals surface area contributed by atoms with Crippen molar-refractivity contribution in [1.29, 1.82) is 0 Å². The molecule has 8 nitrogen and oxygen atoms in total. The lowest BCUT2D eigenvalue weighted by Gasteiger charge is -2.07. The molecule has 2 heterocycles. The number of anilines is 1. The monoisotopic (exact) mass is 353 g/mol. The highest BCUT2D eigenvalue weighted by atomic mass is 16.4. The van der Waals surface area contributed by atoms with Crippen LogP contribution in [0.4, 0.5) is 5.82 Å². The summed E-state index contributed by atoms with van der Waals surface area (Å²) in [5.74, 6) is -0.959. The van der Waals surface area contributed by atoms with Crippen LogP contribution in [0.3, 0.4) is 0 Å². The highest BCUT2D eigenvalue weighted by Gasteiger charge is 2.12. The van der Waals surface area contributed by atoms with Gasteiger partial charge in [0.15, 0.2) is 5.82 Å². The SMILES string of the molecule is Cc1ccccc1Cn1nc(NC(=O)Cn2cc(C(=O)O)cn2)cc1C. The number of rotatable bonds is 6. The van der Waals surface area contributed by atoms with Crippen molar-refractivity contribution in [1.82, 2.24) is 19.6 Å².